The number of rotatable bonds is 8. The maximum atomic E-state index is 12.4. The minimum Gasteiger partial charge on any atom is -0.477 e. The molecule has 0 radical (unpaired) electrons. The average Bonchev–Trinajstić information content (AvgIpc) is 2.62. The number of ketones is 1. The van der Waals surface area contributed by atoms with Gasteiger partial charge in [-0.05, 0) is 5.57 Å². The van der Waals surface area contributed by atoms with E-state index in [0.717, 1.165) is 4.90 Å². The van der Waals surface area contributed by atoms with E-state index in [0.29, 0.717) is 11.3 Å². The molecule has 2 N–H and O–H groups in total. The Morgan fingerprint density at radius 1 is 1.42 bits per heavy atom. The maximum Gasteiger partial charge on any atom is 0.352 e. The van der Waals surface area contributed by atoms with Crippen LogP contribution in [0, 0.1) is 0 Å². The van der Waals surface area contributed by atoms with Crippen molar-refractivity contribution in [3.63, 3.8) is 0 Å². The summed E-state index contributed by atoms with van der Waals surface area (Å²) in [7, 11) is 2.62. The van der Waals surface area contributed by atoms with Crippen molar-refractivity contribution in [2.45, 2.75) is 11.4 Å². The first-order valence-corrected chi connectivity index (χ1v) is 9.44. The number of nitrogens with zero attached hydrogens (tertiary/aromatic N) is 2. The van der Waals surface area contributed by atoms with E-state index in [2.05, 4.69) is 31.2 Å². The lowest BCUT2D eigenvalue weighted by Gasteiger charge is -2.49. The number of ether oxygens (including phenoxy) is 1. The molecule has 0 aromatic heterocycles. The van der Waals surface area contributed by atoms with Crippen LogP contribution < -0.4 is 5.32 Å². The predicted octanol–water partition coefficient (Wildman–Crippen LogP) is -0.662. The molecule has 1 unspecified atom stereocenters. The minimum atomic E-state index is -1.24. The van der Waals surface area contributed by atoms with Crippen LogP contribution in [0.2, 0.25) is 0 Å². The molecule has 12 heteroatoms. The lowest BCUT2D eigenvalue weighted by molar-refractivity contribution is -0.150. The van der Waals surface area contributed by atoms with Crippen LogP contribution in [0.15, 0.2) is 16.4 Å². The molecule has 1 fully saturated rings. The van der Waals surface area contributed by atoms with Gasteiger partial charge >= 0.3 is 5.97 Å². The number of β-lactam (4-membered cyclic amide) rings is 1. The Bertz CT molecular complexity index is 709. The van der Waals surface area contributed by atoms with Crippen LogP contribution in [0.4, 0.5) is 0 Å². The maximum absolute atomic E-state index is 12.4. The number of carbonyl (C=O) groups excluding carboxylic acids is 3. The molecular weight excluding hydrogens is 434 g/mol. The number of Topliss-reactive ketones (excluding diaryl/α,β-unsaturated/α-hetero) is 1. The average molecular weight is 450 g/mol. The van der Waals surface area contributed by atoms with Gasteiger partial charge in [-0.1, -0.05) is 21.1 Å². The van der Waals surface area contributed by atoms with E-state index in [9.17, 15) is 24.3 Å². The molecule has 2 atom stereocenters. The summed E-state index contributed by atoms with van der Waals surface area (Å²) in [4.78, 5) is 53.5. The van der Waals surface area contributed by atoms with Crippen LogP contribution in [0.1, 0.15) is 0 Å². The predicted molar refractivity (Wildman–Crippen MR) is 94.8 cm³/mol. The van der Waals surface area contributed by atoms with E-state index >= 15 is 0 Å². The van der Waals surface area contributed by atoms with Gasteiger partial charge in [-0.15, -0.1) is 11.8 Å². The third kappa shape index (κ3) is 3.76. The smallest absolute Gasteiger partial charge is 0.352 e. The lowest BCUT2D eigenvalue weighted by atomic mass is 10.0. The van der Waals surface area contributed by atoms with Gasteiger partial charge in [0.1, 0.15) is 24.2 Å². The van der Waals surface area contributed by atoms with Gasteiger partial charge in [-0.25, -0.2) is 4.79 Å². The number of amides is 2. The molecule has 142 valence electrons. The fourth-order valence-electron chi connectivity index (χ4n) is 2.55. The number of hydrogen-bond acceptors (Lipinski definition) is 8. The molecule has 2 amide bonds. The summed E-state index contributed by atoms with van der Waals surface area (Å²) in [5.41, 5.74) is -0.130. The number of carboxylic acid groups (broad SMARTS) is 1. The van der Waals surface area contributed by atoms with Crippen LogP contribution in [0.5, 0.6) is 0 Å². The zero-order valence-electron chi connectivity index (χ0n) is 13.9. The Labute approximate surface area is 161 Å². The summed E-state index contributed by atoms with van der Waals surface area (Å²) in [6.45, 7) is 0.0898. The molecule has 0 aromatic carbocycles. The fourth-order valence-corrected chi connectivity index (χ4v) is 4.14. The molecule has 2 heterocycles. The van der Waals surface area contributed by atoms with Gasteiger partial charge in [0.2, 0.25) is 11.5 Å². The molecule has 26 heavy (non-hydrogen) atoms. The Morgan fingerprint density at radius 3 is 2.65 bits per heavy atom. The van der Waals surface area contributed by atoms with Crippen molar-refractivity contribution in [3.8, 4) is 0 Å². The zero-order valence-corrected chi connectivity index (χ0v) is 16.3. The van der Waals surface area contributed by atoms with E-state index in [1.165, 1.54) is 26.0 Å². The fraction of sp³-hybridized carbons (Fsp3) is 0.500. The third-order valence-electron chi connectivity index (χ3n) is 3.64. The summed E-state index contributed by atoms with van der Waals surface area (Å²) < 4.78 is 4.98. The SMILES string of the molecule is COCC1=C(C(=O)O)N2C(=O)C(NC(=O)/C(=N/OC)C(=O)CBr)[C@H]2SC1. The van der Waals surface area contributed by atoms with E-state index in [-0.39, 0.29) is 17.6 Å². The first-order valence-electron chi connectivity index (χ1n) is 7.27. The van der Waals surface area contributed by atoms with Crippen LogP contribution in [-0.2, 0) is 28.8 Å². The van der Waals surface area contributed by atoms with Gasteiger partial charge in [0.05, 0.1) is 11.9 Å². The van der Waals surface area contributed by atoms with Crippen molar-refractivity contribution >= 4 is 57.0 Å². The molecule has 2 aliphatic heterocycles. The molecule has 0 aromatic rings. The Balaban J connectivity index is 2.18. The van der Waals surface area contributed by atoms with Crippen molar-refractivity contribution in [1.82, 2.24) is 10.2 Å². The lowest BCUT2D eigenvalue weighted by Crippen LogP contribution is -2.71. The third-order valence-corrected chi connectivity index (χ3v) is 5.49. The topological polar surface area (TPSA) is 135 Å². The zero-order chi connectivity index (χ0) is 19.4. The highest BCUT2D eigenvalue weighted by molar-refractivity contribution is 9.09. The van der Waals surface area contributed by atoms with E-state index in [1.54, 1.807) is 0 Å². The van der Waals surface area contributed by atoms with Crippen molar-refractivity contribution in [3.05, 3.63) is 11.3 Å². The molecule has 0 bridgehead atoms. The number of hydrogen-bond donors (Lipinski definition) is 2. The number of nitrogens with one attached hydrogen (secondary N) is 1. The van der Waals surface area contributed by atoms with Gasteiger partial charge in [0.25, 0.3) is 11.8 Å². The summed E-state index contributed by atoms with van der Waals surface area (Å²) in [5.74, 6) is -2.95. The molecule has 0 spiro atoms. The van der Waals surface area contributed by atoms with Gasteiger partial charge in [-0.3, -0.25) is 19.3 Å². The highest BCUT2D eigenvalue weighted by atomic mass is 79.9. The van der Waals surface area contributed by atoms with Crippen LogP contribution in [-0.4, -0.2) is 82.6 Å². The molecular formula is C14H16BrN3O7S. The summed E-state index contributed by atoms with van der Waals surface area (Å²) in [6.07, 6.45) is 0. The van der Waals surface area contributed by atoms with E-state index in [1.807, 2.05) is 0 Å². The van der Waals surface area contributed by atoms with Crippen LogP contribution >= 0.6 is 27.7 Å². The number of thioether (sulfide) groups is 1. The minimum absolute atomic E-state index is 0.0898. The number of fused-ring (bicyclic) bond motifs is 1. The standard InChI is InChI=1S/C14H16BrN3O7S/c1-24-4-6-5-26-13-9(12(21)18(13)10(6)14(22)23)16-11(20)8(17-25-2)7(19)3-15/h9,13H,3-5H2,1-2H3,(H,16,20)(H,22,23)/b17-8+/t9?,13-/m1/s1. The molecule has 1 saturated heterocycles. The molecule has 10 nitrogen and oxygen atoms in total. The Hall–Kier alpha value is -1.92. The second-order valence-corrected chi connectivity index (χ2v) is 6.90. The highest BCUT2D eigenvalue weighted by Crippen LogP contribution is 2.40. The second-order valence-electron chi connectivity index (χ2n) is 5.23. The summed E-state index contributed by atoms with van der Waals surface area (Å²) >= 11 is 4.23. The Morgan fingerprint density at radius 2 is 2.12 bits per heavy atom. The molecule has 2 aliphatic rings. The quantitative estimate of drug-likeness (QED) is 0.164. The highest BCUT2D eigenvalue weighted by Gasteiger charge is 2.54. The Kier molecular flexibility index (Phi) is 6.78. The number of carboxylic acids is 1. The largest absolute Gasteiger partial charge is 0.477 e. The number of oxime groups is 1. The monoisotopic (exact) mass is 449 g/mol. The first-order chi connectivity index (χ1) is 12.4. The number of alkyl halides is 1. The van der Waals surface area contributed by atoms with E-state index in [4.69, 9.17) is 4.74 Å². The van der Waals surface area contributed by atoms with Crippen molar-refractivity contribution in [2.75, 3.05) is 31.9 Å². The molecule has 0 aliphatic carbocycles. The van der Waals surface area contributed by atoms with Crippen molar-refractivity contribution < 1.29 is 33.9 Å². The van der Waals surface area contributed by atoms with Gasteiger partial charge < -0.3 is 20.0 Å². The van der Waals surface area contributed by atoms with Gasteiger partial charge in [0, 0.05) is 12.9 Å². The van der Waals surface area contributed by atoms with Gasteiger partial charge in [0.15, 0.2) is 0 Å². The first kappa shape index (κ1) is 20.4. The number of methoxy groups -OCH3 is 1. The van der Waals surface area contributed by atoms with Gasteiger partial charge in [-0.2, -0.15) is 0 Å². The van der Waals surface area contributed by atoms with Crippen LogP contribution in [0.3, 0.4) is 0 Å². The van der Waals surface area contributed by atoms with Crippen molar-refractivity contribution in [1.29, 1.82) is 0 Å². The second kappa shape index (κ2) is 8.64. The number of aliphatic carboxylic acids is 1. The number of carbonyl (C=O) groups is 4. The number of halogens is 1. The van der Waals surface area contributed by atoms with Crippen molar-refractivity contribution in [2.24, 2.45) is 5.16 Å². The van der Waals surface area contributed by atoms with E-state index < -0.39 is 40.7 Å². The summed E-state index contributed by atoms with van der Waals surface area (Å²) in [5, 5.41) is 14.5. The molecule has 0 saturated carbocycles. The summed E-state index contributed by atoms with van der Waals surface area (Å²) in [6, 6.07) is -0.962. The van der Waals surface area contributed by atoms with Crippen LogP contribution in [0.25, 0.3) is 0 Å². The normalized spacial score (nSPS) is 22.5. The molecule has 2 rings (SSSR count).